The van der Waals surface area contributed by atoms with Crippen molar-refractivity contribution >= 4 is 5.91 Å². The van der Waals surface area contributed by atoms with Crippen molar-refractivity contribution in [3.05, 3.63) is 77.9 Å². The minimum atomic E-state index is -2.50. The largest absolute Gasteiger partial charge is 0.492 e. The minimum absolute atomic E-state index is 0.197. The number of hydrogen-bond acceptors (Lipinski definition) is 5. The predicted molar refractivity (Wildman–Crippen MR) is 156 cm³/mol. The third-order valence-electron chi connectivity index (χ3n) is 6.82. The van der Waals surface area contributed by atoms with Crippen molar-refractivity contribution in [3.63, 3.8) is 0 Å². The van der Waals surface area contributed by atoms with Gasteiger partial charge in [-0.05, 0) is 94.4 Å². The van der Waals surface area contributed by atoms with Gasteiger partial charge in [0, 0.05) is 41.7 Å². The van der Waals surface area contributed by atoms with E-state index >= 15 is 0 Å². The summed E-state index contributed by atoms with van der Waals surface area (Å²) in [5.74, 6) is 0.430. The van der Waals surface area contributed by atoms with Gasteiger partial charge in [0.15, 0.2) is 0 Å². The van der Waals surface area contributed by atoms with Crippen molar-refractivity contribution in [1.29, 1.82) is 0 Å². The fourth-order valence-corrected chi connectivity index (χ4v) is 4.40. The maximum atomic E-state index is 13.4. The van der Waals surface area contributed by atoms with Gasteiger partial charge in [0.25, 0.3) is 12.3 Å². The Morgan fingerprint density at radius 1 is 0.976 bits per heavy atom. The standard InChI is InChI=1S/C31H38F2N6O2/c1-20(2)39-18-27(16-35-39)25-12-23(11-24(13-25)26-15-34-38(17-26)19-30(32)33)22(4)36-31(40)29-14-28(8-7-21(29)3)41-10-9-37(5)6/h7-8,11-18,20,22,30H,9-10,19H2,1-6H3,(H,36,40)/t22-/m1/s1. The molecule has 0 spiro atoms. The zero-order valence-electron chi connectivity index (χ0n) is 24.4. The van der Waals surface area contributed by atoms with Crippen LogP contribution in [0.15, 0.2) is 61.2 Å². The molecule has 0 saturated heterocycles. The van der Waals surface area contributed by atoms with E-state index in [1.165, 1.54) is 4.68 Å². The molecule has 2 aromatic carbocycles. The van der Waals surface area contributed by atoms with Crippen LogP contribution in [0.5, 0.6) is 5.75 Å². The molecule has 2 aromatic heterocycles. The molecule has 41 heavy (non-hydrogen) atoms. The Bertz CT molecular complexity index is 1480. The summed E-state index contributed by atoms with van der Waals surface area (Å²) < 4.78 is 34.8. The van der Waals surface area contributed by atoms with E-state index in [0.717, 1.165) is 34.4 Å². The molecule has 0 saturated carbocycles. The molecule has 1 N–H and O–H groups in total. The third-order valence-corrected chi connectivity index (χ3v) is 6.82. The lowest BCUT2D eigenvalue weighted by Gasteiger charge is -2.18. The second-order valence-electron chi connectivity index (χ2n) is 10.8. The summed E-state index contributed by atoms with van der Waals surface area (Å²) in [6, 6.07) is 11.3. The smallest absolute Gasteiger partial charge is 0.257 e. The lowest BCUT2D eigenvalue weighted by Crippen LogP contribution is -2.27. The Morgan fingerprint density at radius 3 is 2.29 bits per heavy atom. The molecular formula is C31H38F2N6O2. The maximum Gasteiger partial charge on any atom is 0.257 e. The van der Waals surface area contributed by atoms with Gasteiger partial charge in [-0.15, -0.1) is 0 Å². The van der Waals surface area contributed by atoms with E-state index in [1.54, 1.807) is 24.7 Å². The van der Waals surface area contributed by atoms with Crippen LogP contribution < -0.4 is 10.1 Å². The number of benzene rings is 2. The molecule has 1 amide bonds. The molecule has 218 valence electrons. The van der Waals surface area contributed by atoms with E-state index in [1.807, 2.05) is 74.1 Å². The average Bonchev–Trinajstić information content (AvgIpc) is 3.59. The van der Waals surface area contributed by atoms with Gasteiger partial charge in [0.1, 0.15) is 18.9 Å². The highest BCUT2D eigenvalue weighted by Gasteiger charge is 2.18. The van der Waals surface area contributed by atoms with Crippen LogP contribution in [-0.2, 0) is 6.54 Å². The quantitative estimate of drug-likeness (QED) is 0.228. The molecule has 0 bridgehead atoms. The summed E-state index contributed by atoms with van der Waals surface area (Å²) in [6.07, 6.45) is 4.47. The molecule has 0 fully saturated rings. The highest BCUT2D eigenvalue weighted by molar-refractivity contribution is 5.96. The van der Waals surface area contributed by atoms with Crippen molar-refractivity contribution in [2.75, 3.05) is 27.2 Å². The number of halogens is 2. The first kappa shape index (κ1) is 29.9. The summed E-state index contributed by atoms with van der Waals surface area (Å²) >= 11 is 0. The Kier molecular flexibility index (Phi) is 9.54. The summed E-state index contributed by atoms with van der Waals surface area (Å²) in [5, 5.41) is 11.7. The van der Waals surface area contributed by atoms with Crippen molar-refractivity contribution in [2.45, 2.75) is 52.7 Å². The number of rotatable bonds is 12. The summed E-state index contributed by atoms with van der Waals surface area (Å²) in [4.78, 5) is 15.4. The Hall–Kier alpha value is -4.05. The van der Waals surface area contributed by atoms with Gasteiger partial charge in [-0.1, -0.05) is 6.07 Å². The number of aromatic nitrogens is 4. The van der Waals surface area contributed by atoms with Gasteiger partial charge < -0.3 is 15.0 Å². The minimum Gasteiger partial charge on any atom is -0.492 e. The van der Waals surface area contributed by atoms with Crippen LogP contribution in [0.25, 0.3) is 22.3 Å². The summed E-state index contributed by atoms with van der Waals surface area (Å²) in [6.45, 7) is 8.73. The highest BCUT2D eigenvalue weighted by atomic mass is 19.3. The topological polar surface area (TPSA) is 77.2 Å². The lowest BCUT2D eigenvalue weighted by atomic mass is 9.96. The number of carbonyl (C=O) groups is 1. The van der Waals surface area contributed by atoms with Gasteiger partial charge in [0.05, 0.1) is 18.4 Å². The van der Waals surface area contributed by atoms with Crippen molar-refractivity contribution in [1.82, 2.24) is 29.8 Å². The van der Waals surface area contributed by atoms with Crippen LogP contribution in [0, 0.1) is 6.92 Å². The fraction of sp³-hybridized carbons (Fsp3) is 0.387. The SMILES string of the molecule is Cc1ccc(OCCN(C)C)cc1C(=O)N[C@H](C)c1cc(-c2cnn(CC(F)F)c2)cc(-c2cnn(C(C)C)c2)c1. The normalized spacial score (nSPS) is 12.4. The summed E-state index contributed by atoms with van der Waals surface area (Å²) in [5.41, 5.74) is 5.59. The number of ether oxygens (including phenoxy) is 1. The number of carbonyl (C=O) groups excluding carboxylic acids is 1. The second-order valence-corrected chi connectivity index (χ2v) is 10.8. The Balaban J connectivity index is 1.63. The van der Waals surface area contributed by atoms with E-state index < -0.39 is 13.0 Å². The second kappa shape index (κ2) is 13.1. The molecule has 1 atom stereocenters. The molecule has 0 unspecified atom stereocenters. The maximum absolute atomic E-state index is 13.4. The average molecular weight is 565 g/mol. The lowest BCUT2D eigenvalue weighted by molar-refractivity contribution is 0.0938. The zero-order chi connectivity index (χ0) is 29.7. The molecule has 0 aliphatic heterocycles. The molecule has 10 heteroatoms. The van der Waals surface area contributed by atoms with Crippen LogP contribution in [-0.4, -0.2) is 64.0 Å². The molecule has 0 aliphatic rings. The fourth-order valence-electron chi connectivity index (χ4n) is 4.40. The zero-order valence-corrected chi connectivity index (χ0v) is 24.4. The molecular weight excluding hydrogens is 526 g/mol. The predicted octanol–water partition coefficient (Wildman–Crippen LogP) is 6.00. The van der Waals surface area contributed by atoms with Crippen molar-refractivity contribution < 1.29 is 18.3 Å². The third kappa shape index (κ3) is 7.79. The number of aryl methyl sites for hydroxylation is 1. The van der Waals surface area contributed by atoms with Gasteiger partial charge in [0.2, 0.25) is 0 Å². The number of nitrogens with zero attached hydrogens (tertiary/aromatic N) is 5. The summed E-state index contributed by atoms with van der Waals surface area (Å²) in [7, 11) is 3.95. The Morgan fingerprint density at radius 2 is 1.66 bits per heavy atom. The van der Waals surface area contributed by atoms with E-state index in [2.05, 4.69) is 29.4 Å². The number of likely N-dealkylation sites (N-methyl/N-ethyl adjacent to an activating group) is 1. The highest BCUT2D eigenvalue weighted by Crippen LogP contribution is 2.31. The molecule has 0 radical (unpaired) electrons. The Labute approximate surface area is 239 Å². The van der Waals surface area contributed by atoms with E-state index in [0.29, 0.717) is 23.5 Å². The van der Waals surface area contributed by atoms with Gasteiger partial charge in [-0.2, -0.15) is 10.2 Å². The first-order valence-electron chi connectivity index (χ1n) is 13.7. The number of hydrogen-bond donors (Lipinski definition) is 1. The van der Waals surface area contributed by atoms with Crippen LogP contribution >= 0.6 is 0 Å². The molecule has 8 nitrogen and oxygen atoms in total. The first-order valence-corrected chi connectivity index (χ1v) is 13.7. The monoisotopic (exact) mass is 564 g/mol. The van der Waals surface area contributed by atoms with Crippen LogP contribution in [0.4, 0.5) is 8.78 Å². The van der Waals surface area contributed by atoms with Gasteiger partial charge >= 0.3 is 0 Å². The van der Waals surface area contributed by atoms with Crippen molar-refractivity contribution in [2.24, 2.45) is 0 Å². The number of alkyl halides is 2. The molecule has 4 aromatic rings. The van der Waals surface area contributed by atoms with Crippen molar-refractivity contribution in [3.8, 4) is 28.0 Å². The molecule has 4 rings (SSSR count). The molecule has 2 heterocycles. The van der Waals surface area contributed by atoms with E-state index in [9.17, 15) is 13.6 Å². The first-order chi connectivity index (χ1) is 19.5. The van der Waals surface area contributed by atoms with E-state index in [4.69, 9.17) is 4.74 Å². The van der Waals surface area contributed by atoms with E-state index in [-0.39, 0.29) is 18.0 Å². The van der Waals surface area contributed by atoms with Gasteiger partial charge in [-0.25, -0.2) is 8.78 Å². The van der Waals surface area contributed by atoms with Crippen LogP contribution in [0.3, 0.4) is 0 Å². The molecule has 0 aliphatic carbocycles. The van der Waals surface area contributed by atoms with Crippen LogP contribution in [0.2, 0.25) is 0 Å². The number of nitrogens with one attached hydrogen (secondary N) is 1. The van der Waals surface area contributed by atoms with Gasteiger partial charge in [-0.3, -0.25) is 14.2 Å². The number of amides is 1. The van der Waals surface area contributed by atoms with Crippen LogP contribution in [0.1, 0.15) is 54.3 Å².